The Labute approximate surface area is 142 Å². The zero-order valence-electron chi connectivity index (χ0n) is 14.0. The maximum Gasteiger partial charge on any atom is 0.255 e. The predicted molar refractivity (Wildman–Crippen MR) is 92.3 cm³/mol. The van der Waals surface area contributed by atoms with Crippen LogP contribution in [-0.4, -0.2) is 37.9 Å². The van der Waals surface area contributed by atoms with E-state index in [1.165, 1.54) is 7.11 Å². The quantitative estimate of drug-likeness (QED) is 0.781. The fraction of sp³-hybridized carbons (Fsp3) is 0.316. The summed E-state index contributed by atoms with van der Waals surface area (Å²) in [6, 6.07) is 15.0. The molecule has 0 heterocycles. The first-order valence-electron chi connectivity index (χ1n) is 7.86. The van der Waals surface area contributed by atoms with E-state index in [0.717, 1.165) is 11.1 Å². The lowest BCUT2D eigenvalue weighted by molar-refractivity contribution is 0.0277. The van der Waals surface area contributed by atoms with E-state index in [1.807, 2.05) is 37.3 Å². The number of rotatable bonds is 8. The van der Waals surface area contributed by atoms with Gasteiger partial charge < -0.3 is 19.9 Å². The number of carbonyl (C=O) groups is 1. The lowest BCUT2D eigenvalue weighted by atomic mass is 10.1. The van der Waals surface area contributed by atoms with Crippen LogP contribution in [0.15, 0.2) is 48.5 Å². The minimum absolute atomic E-state index is 0.0667. The zero-order valence-corrected chi connectivity index (χ0v) is 14.0. The van der Waals surface area contributed by atoms with Crippen LogP contribution in [-0.2, 0) is 4.74 Å². The molecule has 0 aliphatic carbocycles. The summed E-state index contributed by atoms with van der Waals surface area (Å²) in [6.07, 6.45) is -0.323. The van der Waals surface area contributed by atoms with Crippen LogP contribution >= 0.6 is 0 Å². The number of nitrogens with one attached hydrogen (secondary N) is 1. The summed E-state index contributed by atoms with van der Waals surface area (Å²) >= 11 is 0. The number of aliphatic hydroxyl groups excluding tert-OH is 1. The average molecular weight is 329 g/mol. The zero-order chi connectivity index (χ0) is 17.4. The molecule has 0 bridgehead atoms. The second-order valence-electron chi connectivity index (χ2n) is 5.40. The fourth-order valence-electron chi connectivity index (χ4n) is 2.36. The number of aryl methyl sites for hydroxylation is 1. The molecule has 0 saturated carbocycles. The van der Waals surface area contributed by atoms with E-state index < -0.39 is 0 Å². The van der Waals surface area contributed by atoms with Crippen molar-refractivity contribution in [1.82, 2.24) is 5.32 Å². The predicted octanol–water partition coefficient (Wildman–Crippen LogP) is 2.48. The Morgan fingerprint density at radius 1 is 1.17 bits per heavy atom. The van der Waals surface area contributed by atoms with Crippen LogP contribution in [0.1, 0.15) is 27.6 Å². The van der Waals surface area contributed by atoms with Gasteiger partial charge in [-0.15, -0.1) is 0 Å². The molecule has 0 saturated heterocycles. The van der Waals surface area contributed by atoms with Crippen LogP contribution in [0.2, 0.25) is 0 Å². The van der Waals surface area contributed by atoms with Crippen molar-refractivity contribution in [1.29, 1.82) is 0 Å². The van der Waals surface area contributed by atoms with Gasteiger partial charge in [0.1, 0.15) is 5.75 Å². The topological polar surface area (TPSA) is 67.8 Å². The molecule has 0 aliphatic rings. The van der Waals surface area contributed by atoms with Gasteiger partial charge in [0.25, 0.3) is 5.91 Å². The second-order valence-corrected chi connectivity index (χ2v) is 5.40. The first kappa shape index (κ1) is 18.0. The highest BCUT2D eigenvalue weighted by molar-refractivity contribution is 5.96. The number of amides is 1. The summed E-state index contributed by atoms with van der Waals surface area (Å²) in [5.41, 5.74) is 2.58. The van der Waals surface area contributed by atoms with Crippen molar-refractivity contribution in [3.05, 3.63) is 65.2 Å². The highest BCUT2D eigenvalue weighted by Gasteiger charge is 2.16. The first-order chi connectivity index (χ1) is 11.7. The first-order valence-corrected chi connectivity index (χ1v) is 7.86. The molecule has 1 unspecified atom stereocenters. The third-order valence-corrected chi connectivity index (χ3v) is 3.66. The summed E-state index contributed by atoms with van der Waals surface area (Å²) < 4.78 is 10.9. The molecule has 0 fully saturated rings. The van der Waals surface area contributed by atoms with Crippen LogP contribution in [0.25, 0.3) is 0 Å². The van der Waals surface area contributed by atoms with E-state index >= 15 is 0 Å². The Hall–Kier alpha value is -2.37. The molecule has 5 heteroatoms. The SMILES string of the molecule is COc1ccccc1C(=O)NCC(OCCO)c1ccc(C)cc1. The van der Waals surface area contributed by atoms with Crippen molar-refractivity contribution in [2.45, 2.75) is 13.0 Å². The van der Waals surface area contributed by atoms with E-state index in [2.05, 4.69) is 5.32 Å². The Morgan fingerprint density at radius 2 is 1.88 bits per heavy atom. The van der Waals surface area contributed by atoms with E-state index in [9.17, 15) is 4.79 Å². The highest BCUT2D eigenvalue weighted by Crippen LogP contribution is 2.19. The number of para-hydroxylation sites is 1. The highest BCUT2D eigenvalue weighted by atomic mass is 16.5. The van der Waals surface area contributed by atoms with E-state index in [4.69, 9.17) is 14.6 Å². The largest absolute Gasteiger partial charge is 0.496 e. The molecular weight excluding hydrogens is 306 g/mol. The smallest absolute Gasteiger partial charge is 0.255 e. The number of carbonyl (C=O) groups excluding carboxylic acids is 1. The maximum absolute atomic E-state index is 12.4. The van der Waals surface area contributed by atoms with Gasteiger partial charge in [-0.05, 0) is 24.6 Å². The normalized spacial score (nSPS) is 11.8. The number of hydrogen-bond donors (Lipinski definition) is 2. The molecule has 2 N–H and O–H groups in total. The maximum atomic E-state index is 12.4. The number of methoxy groups -OCH3 is 1. The van der Waals surface area contributed by atoms with Gasteiger partial charge in [0.2, 0.25) is 0 Å². The summed E-state index contributed by atoms with van der Waals surface area (Å²) in [5, 5.41) is 11.9. The van der Waals surface area contributed by atoms with Crippen molar-refractivity contribution in [3.8, 4) is 5.75 Å². The molecule has 1 atom stereocenters. The van der Waals surface area contributed by atoms with Gasteiger partial charge in [-0.25, -0.2) is 0 Å². The molecule has 1 amide bonds. The summed E-state index contributed by atoms with van der Waals surface area (Å²) in [5.74, 6) is 0.301. The van der Waals surface area contributed by atoms with Gasteiger partial charge in [-0.3, -0.25) is 4.79 Å². The van der Waals surface area contributed by atoms with Crippen LogP contribution in [0.4, 0.5) is 0 Å². The van der Waals surface area contributed by atoms with Gasteiger partial charge in [-0.1, -0.05) is 42.0 Å². The minimum atomic E-state index is -0.323. The van der Waals surface area contributed by atoms with Crippen LogP contribution in [0, 0.1) is 6.92 Å². The molecule has 5 nitrogen and oxygen atoms in total. The number of hydrogen-bond acceptors (Lipinski definition) is 4. The molecular formula is C19H23NO4. The summed E-state index contributed by atoms with van der Waals surface area (Å²) in [7, 11) is 1.53. The number of ether oxygens (including phenoxy) is 2. The van der Waals surface area contributed by atoms with Crippen molar-refractivity contribution >= 4 is 5.91 Å². The van der Waals surface area contributed by atoms with Crippen molar-refractivity contribution < 1.29 is 19.4 Å². The van der Waals surface area contributed by atoms with Crippen LogP contribution in [0.5, 0.6) is 5.75 Å². The summed E-state index contributed by atoms with van der Waals surface area (Å²) in [6.45, 7) is 2.46. The molecule has 2 rings (SSSR count). The van der Waals surface area contributed by atoms with Gasteiger partial charge in [0.05, 0.1) is 32.0 Å². The van der Waals surface area contributed by atoms with Crippen molar-refractivity contribution in [2.24, 2.45) is 0 Å². The number of aliphatic hydroxyl groups is 1. The Bertz CT molecular complexity index is 655. The van der Waals surface area contributed by atoms with Gasteiger partial charge in [-0.2, -0.15) is 0 Å². The number of benzene rings is 2. The van der Waals surface area contributed by atoms with Gasteiger partial charge in [0.15, 0.2) is 0 Å². The van der Waals surface area contributed by atoms with E-state index in [1.54, 1.807) is 18.2 Å². The Morgan fingerprint density at radius 3 is 2.54 bits per heavy atom. The van der Waals surface area contributed by atoms with Gasteiger partial charge in [0, 0.05) is 6.54 Å². The fourth-order valence-corrected chi connectivity index (χ4v) is 2.36. The molecule has 0 aromatic heterocycles. The standard InChI is InChI=1S/C19H23NO4/c1-14-7-9-15(10-8-14)18(24-12-11-21)13-20-19(22)16-5-3-4-6-17(16)23-2/h3-10,18,21H,11-13H2,1-2H3,(H,20,22). The van der Waals surface area contributed by atoms with Crippen LogP contribution < -0.4 is 10.1 Å². The third kappa shape index (κ3) is 4.81. The molecule has 24 heavy (non-hydrogen) atoms. The molecule has 0 radical (unpaired) electrons. The van der Waals surface area contributed by atoms with Gasteiger partial charge >= 0.3 is 0 Å². The lowest BCUT2D eigenvalue weighted by Crippen LogP contribution is -2.30. The Kier molecular flexibility index (Phi) is 6.78. The second kappa shape index (κ2) is 9.05. The molecule has 0 aliphatic heterocycles. The lowest BCUT2D eigenvalue weighted by Gasteiger charge is -2.19. The average Bonchev–Trinajstić information content (AvgIpc) is 2.62. The van der Waals surface area contributed by atoms with E-state index in [0.29, 0.717) is 17.9 Å². The summed E-state index contributed by atoms with van der Waals surface area (Å²) in [4.78, 5) is 12.4. The third-order valence-electron chi connectivity index (χ3n) is 3.66. The molecule has 128 valence electrons. The van der Waals surface area contributed by atoms with E-state index in [-0.39, 0.29) is 25.2 Å². The van der Waals surface area contributed by atoms with Crippen LogP contribution in [0.3, 0.4) is 0 Å². The molecule has 2 aromatic rings. The monoisotopic (exact) mass is 329 g/mol. The molecule has 0 spiro atoms. The molecule has 2 aromatic carbocycles. The minimum Gasteiger partial charge on any atom is -0.496 e. The Balaban J connectivity index is 2.06. The van der Waals surface area contributed by atoms with Crippen molar-refractivity contribution in [3.63, 3.8) is 0 Å². The van der Waals surface area contributed by atoms with Crippen molar-refractivity contribution in [2.75, 3.05) is 26.9 Å².